The first kappa shape index (κ1) is 35.9. The van der Waals surface area contributed by atoms with Gasteiger partial charge in [-0.1, -0.05) is 57.9 Å². The van der Waals surface area contributed by atoms with E-state index in [-0.39, 0.29) is 48.9 Å². The SMILES string of the molecule is CCCc1cc(C(O)(C(F)(F)F)C(F)(F)F)cc(CCC)c1OCCCCN(C=O)C(=O)NC(C)c1ccc(CC)cc1. The fourth-order valence-corrected chi connectivity index (χ4v) is 4.70. The van der Waals surface area contributed by atoms with E-state index in [1.54, 1.807) is 20.8 Å². The van der Waals surface area contributed by atoms with E-state index in [9.17, 15) is 41.0 Å². The fourth-order valence-electron chi connectivity index (χ4n) is 4.70. The highest BCUT2D eigenvalue weighted by molar-refractivity contribution is 5.84. The van der Waals surface area contributed by atoms with Gasteiger partial charge in [-0.05, 0) is 73.4 Å². The van der Waals surface area contributed by atoms with Crippen LogP contribution in [0, 0.1) is 0 Å². The summed E-state index contributed by atoms with van der Waals surface area (Å²) in [5.74, 6) is 0.187. The summed E-state index contributed by atoms with van der Waals surface area (Å²) in [5, 5.41) is 12.8. The smallest absolute Gasteiger partial charge is 0.430 e. The van der Waals surface area contributed by atoms with Crippen LogP contribution in [0.25, 0.3) is 0 Å². The largest absolute Gasteiger partial charge is 0.493 e. The molecule has 2 rings (SSSR count). The molecular weight excluding hydrogens is 578 g/mol. The lowest BCUT2D eigenvalue weighted by Crippen LogP contribution is -2.54. The zero-order chi connectivity index (χ0) is 32.4. The third kappa shape index (κ3) is 8.87. The Bertz CT molecular complexity index is 1160. The number of halogens is 6. The number of carbonyl (C=O) groups excluding carboxylic acids is 2. The van der Waals surface area contributed by atoms with Crippen molar-refractivity contribution >= 4 is 12.4 Å². The van der Waals surface area contributed by atoms with Crippen molar-refractivity contribution in [2.75, 3.05) is 13.2 Å². The fraction of sp³-hybridized carbons (Fsp3) is 0.548. The van der Waals surface area contributed by atoms with E-state index in [1.165, 1.54) is 0 Å². The van der Waals surface area contributed by atoms with E-state index in [0.29, 0.717) is 44.2 Å². The maximum Gasteiger partial charge on any atom is 0.430 e. The van der Waals surface area contributed by atoms with Gasteiger partial charge in [0.1, 0.15) is 5.75 Å². The number of rotatable bonds is 15. The lowest BCUT2D eigenvalue weighted by molar-refractivity contribution is -0.376. The monoisotopic (exact) mass is 618 g/mol. The van der Waals surface area contributed by atoms with E-state index in [1.807, 2.05) is 31.2 Å². The molecule has 0 aliphatic rings. The van der Waals surface area contributed by atoms with Crippen LogP contribution in [-0.4, -0.2) is 48.0 Å². The molecule has 0 spiro atoms. The maximum absolute atomic E-state index is 13.6. The van der Waals surface area contributed by atoms with Gasteiger partial charge in [-0.2, -0.15) is 26.3 Å². The number of aryl methyl sites for hydroxylation is 3. The van der Waals surface area contributed by atoms with E-state index in [0.717, 1.165) is 22.4 Å². The lowest BCUT2D eigenvalue weighted by Gasteiger charge is -2.33. The molecule has 6 nitrogen and oxygen atoms in total. The van der Waals surface area contributed by atoms with Gasteiger partial charge in [0.15, 0.2) is 0 Å². The van der Waals surface area contributed by atoms with Gasteiger partial charge in [0.25, 0.3) is 5.60 Å². The number of unbranched alkanes of at least 4 members (excludes halogenated alkanes) is 1. The average Bonchev–Trinajstić information content (AvgIpc) is 2.94. The Morgan fingerprint density at radius 3 is 1.93 bits per heavy atom. The molecule has 240 valence electrons. The third-order valence-corrected chi connectivity index (χ3v) is 7.18. The highest BCUT2D eigenvalue weighted by atomic mass is 19.4. The summed E-state index contributed by atoms with van der Waals surface area (Å²) in [4.78, 5) is 25.2. The molecule has 0 fully saturated rings. The Morgan fingerprint density at radius 2 is 1.49 bits per heavy atom. The Hall–Kier alpha value is -3.28. The first-order valence-electron chi connectivity index (χ1n) is 14.4. The lowest BCUT2D eigenvalue weighted by atomic mass is 9.87. The van der Waals surface area contributed by atoms with Crippen molar-refractivity contribution in [1.82, 2.24) is 10.2 Å². The Morgan fingerprint density at radius 1 is 0.953 bits per heavy atom. The number of alkyl halides is 6. The van der Waals surface area contributed by atoms with Gasteiger partial charge in [-0.3, -0.25) is 9.69 Å². The molecule has 0 radical (unpaired) electrons. The second-order valence-corrected chi connectivity index (χ2v) is 10.5. The number of carbonyl (C=O) groups is 2. The molecule has 0 heterocycles. The molecule has 1 unspecified atom stereocenters. The number of ether oxygens (including phenoxy) is 1. The van der Waals surface area contributed by atoms with Gasteiger partial charge < -0.3 is 15.2 Å². The Balaban J connectivity index is 2.12. The molecule has 1 atom stereocenters. The molecule has 2 aromatic carbocycles. The number of aliphatic hydroxyl groups is 1. The second kappa shape index (κ2) is 15.4. The molecule has 0 saturated heterocycles. The Kier molecular flexibility index (Phi) is 12.9. The van der Waals surface area contributed by atoms with Gasteiger partial charge in [-0.25, -0.2) is 4.79 Å². The summed E-state index contributed by atoms with van der Waals surface area (Å²) < 4.78 is 87.4. The standard InChI is InChI=1S/C31H40F6N2O4/c1-5-10-24-18-26(29(42,30(32,33)34)31(35,36)37)19-25(11-6-2)27(24)43-17-9-8-16-39(20-40)28(41)38-21(4)23-14-12-22(7-3)13-15-23/h12-15,18-21,42H,5-11,16-17H2,1-4H3,(H,38,41). The summed E-state index contributed by atoms with van der Waals surface area (Å²) in [6, 6.07) is 8.27. The molecule has 0 aromatic heterocycles. The second-order valence-electron chi connectivity index (χ2n) is 10.5. The van der Waals surface area contributed by atoms with E-state index >= 15 is 0 Å². The molecule has 2 aromatic rings. The van der Waals surface area contributed by atoms with Crippen LogP contribution in [0.2, 0.25) is 0 Å². The van der Waals surface area contributed by atoms with Crippen LogP contribution in [0.1, 0.15) is 87.2 Å². The van der Waals surface area contributed by atoms with Crippen molar-refractivity contribution in [1.29, 1.82) is 0 Å². The number of hydrogen-bond acceptors (Lipinski definition) is 4. The normalized spacial score (nSPS) is 13.0. The van der Waals surface area contributed by atoms with Crippen molar-refractivity contribution in [2.24, 2.45) is 0 Å². The maximum atomic E-state index is 13.6. The van der Waals surface area contributed by atoms with Crippen LogP contribution in [0.15, 0.2) is 36.4 Å². The average molecular weight is 619 g/mol. The van der Waals surface area contributed by atoms with Gasteiger partial charge >= 0.3 is 18.4 Å². The van der Waals surface area contributed by atoms with Crippen molar-refractivity contribution in [3.8, 4) is 5.75 Å². The quantitative estimate of drug-likeness (QED) is 0.123. The van der Waals surface area contributed by atoms with Crippen LogP contribution < -0.4 is 10.1 Å². The van der Waals surface area contributed by atoms with Gasteiger partial charge in [0.2, 0.25) is 6.41 Å². The number of amides is 3. The van der Waals surface area contributed by atoms with Gasteiger partial charge in [-0.15, -0.1) is 0 Å². The number of hydrogen-bond donors (Lipinski definition) is 2. The topological polar surface area (TPSA) is 78.9 Å². The number of nitrogens with one attached hydrogen (secondary N) is 1. The first-order valence-corrected chi connectivity index (χ1v) is 14.4. The van der Waals surface area contributed by atoms with Crippen molar-refractivity contribution < 1.29 is 45.8 Å². The number of benzene rings is 2. The van der Waals surface area contributed by atoms with Crippen LogP contribution in [-0.2, 0) is 29.7 Å². The van der Waals surface area contributed by atoms with E-state index in [4.69, 9.17) is 4.74 Å². The summed E-state index contributed by atoms with van der Waals surface area (Å²) >= 11 is 0. The molecular formula is C31H40F6N2O4. The molecule has 43 heavy (non-hydrogen) atoms. The molecule has 2 N–H and O–H groups in total. The Labute approximate surface area is 248 Å². The minimum Gasteiger partial charge on any atom is -0.493 e. The number of urea groups is 1. The summed E-state index contributed by atoms with van der Waals surface area (Å²) in [6.45, 7) is 7.39. The third-order valence-electron chi connectivity index (χ3n) is 7.18. The highest BCUT2D eigenvalue weighted by Gasteiger charge is 2.71. The predicted molar refractivity (Wildman–Crippen MR) is 151 cm³/mol. The zero-order valence-corrected chi connectivity index (χ0v) is 24.9. The minimum atomic E-state index is -5.99. The van der Waals surface area contributed by atoms with Crippen LogP contribution in [0.5, 0.6) is 5.75 Å². The van der Waals surface area contributed by atoms with Gasteiger partial charge in [0, 0.05) is 12.1 Å². The zero-order valence-electron chi connectivity index (χ0n) is 24.9. The van der Waals surface area contributed by atoms with E-state index < -0.39 is 29.5 Å². The van der Waals surface area contributed by atoms with Crippen LogP contribution in [0.3, 0.4) is 0 Å². The molecule has 0 bridgehead atoms. The number of nitrogens with zero attached hydrogens (tertiary/aromatic N) is 1. The summed E-state index contributed by atoms with van der Waals surface area (Å²) in [6.07, 6.45) is -8.91. The summed E-state index contributed by atoms with van der Waals surface area (Å²) in [5.41, 5.74) is -4.03. The molecule has 3 amide bonds. The first-order chi connectivity index (χ1) is 20.1. The van der Waals surface area contributed by atoms with Crippen molar-refractivity contribution in [3.05, 3.63) is 64.2 Å². The highest BCUT2D eigenvalue weighted by Crippen LogP contribution is 2.51. The molecule has 0 aliphatic carbocycles. The number of imide groups is 1. The predicted octanol–water partition coefficient (Wildman–Crippen LogP) is 7.55. The van der Waals surface area contributed by atoms with Crippen molar-refractivity contribution in [2.45, 2.75) is 96.6 Å². The minimum absolute atomic E-state index is 0.0457. The van der Waals surface area contributed by atoms with Crippen molar-refractivity contribution in [3.63, 3.8) is 0 Å². The van der Waals surface area contributed by atoms with E-state index in [2.05, 4.69) is 5.32 Å². The molecule has 12 heteroatoms. The van der Waals surface area contributed by atoms with Gasteiger partial charge in [0.05, 0.1) is 12.6 Å². The molecule has 0 saturated carbocycles. The summed E-state index contributed by atoms with van der Waals surface area (Å²) in [7, 11) is 0. The van der Waals surface area contributed by atoms with Crippen LogP contribution >= 0.6 is 0 Å². The molecule has 0 aliphatic heterocycles. The van der Waals surface area contributed by atoms with Crippen LogP contribution in [0.4, 0.5) is 31.1 Å².